The molecule has 0 aromatic heterocycles. The molecule has 0 nitrogen and oxygen atoms in total. The van der Waals surface area contributed by atoms with E-state index in [1.54, 1.807) is 11.5 Å². The molecule has 1 aliphatic rings. The average molecular weight is 137 g/mol. The van der Waals surface area contributed by atoms with E-state index in [0.29, 0.717) is 0 Å². The van der Waals surface area contributed by atoms with Crippen LogP contribution in [0.25, 0.3) is 0 Å². The number of rotatable bonds is 2. The molecule has 0 saturated carbocycles. The van der Waals surface area contributed by atoms with Gasteiger partial charge in [-0.25, -0.2) is 0 Å². The molecule has 0 spiro atoms. The van der Waals surface area contributed by atoms with Crippen LogP contribution in [0.1, 0.15) is 40.0 Å². The lowest BCUT2D eigenvalue weighted by Crippen LogP contribution is -2.01. The zero-order chi connectivity index (χ0) is 7.56. The van der Waals surface area contributed by atoms with E-state index in [0.717, 1.165) is 5.92 Å². The Hall–Kier alpha value is -0.260. The van der Waals surface area contributed by atoms with Crippen molar-refractivity contribution in [2.24, 2.45) is 5.92 Å². The number of hydrogen-bond donors (Lipinski definition) is 0. The first-order valence-corrected chi connectivity index (χ1v) is 4.22. The van der Waals surface area contributed by atoms with Crippen LogP contribution in [-0.4, -0.2) is 0 Å². The summed E-state index contributed by atoms with van der Waals surface area (Å²) in [6.07, 6.45) is 6.30. The first-order valence-electron chi connectivity index (χ1n) is 4.22. The van der Waals surface area contributed by atoms with E-state index >= 15 is 0 Å². The predicted octanol–water partition coefficient (Wildman–Crippen LogP) is 3.35. The maximum Gasteiger partial charge on any atom is -0.0266 e. The molecule has 10 heavy (non-hydrogen) atoms. The van der Waals surface area contributed by atoms with Crippen molar-refractivity contribution in [1.82, 2.24) is 0 Å². The maximum atomic E-state index is 2.41. The van der Waals surface area contributed by atoms with Crippen LogP contribution in [0, 0.1) is 11.8 Å². The first-order chi connectivity index (χ1) is 4.74. The van der Waals surface area contributed by atoms with Crippen LogP contribution in [0.5, 0.6) is 0 Å². The third kappa shape index (κ3) is 1.62. The van der Waals surface area contributed by atoms with Gasteiger partial charge in [-0.2, -0.15) is 0 Å². The van der Waals surface area contributed by atoms with Crippen LogP contribution in [0.2, 0.25) is 0 Å². The van der Waals surface area contributed by atoms with Crippen molar-refractivity contribution in [1.29, 1.82) is 0 Å². The summed E-state index contributed by atoms with van der Waals surface area (Å²) in [6.45, 7) is 6.74. The van der Waals surface area contributed by atoms with Crippen molar-refractivity contribution < 1.29 is 0 Å². The fourth-order valence-electron chi connectivity index (χ4n) is 1.52. The molecule has 0 heteroatoms. The summed E-state index contributed by atoms with van der Waals surface area (Å²) >= 11 is 0. The molecule has 1 aliphatic carbocycles. The van der Waals surface area contributed by atoms with E-state index < -0.39 is 0 Å². The molecule has 0 N–H and O–H groups in total. The second-order valence-corrected chi connectivity index (χ2v) is 3.43. The number of hydrogen-bond acceptors (Lipinski definition) is 0. The molecule has 0 aromatic carbocycles. The Labute approximate surface area is 64.3 Å². The summed E-state index contributed by atoms with van der Waals surface area (Å²) < 4.78 is 0. The zero-order valence-electron chi connectivity index (χ0n) is 7.28. The normalized spacial score (nSPS) is 25.6. The lowest BCUT2D eigenvalue weighted by molar-refractivity contribution is 0.579. The van der Waals surface area contributed by atoms with Gasteiger partial charge in [-0.1, -0.05) is 32.4 Å². The van der Waals surface area contributed by atoms with Crippen molar-refractivity contribution in [2.45, 2.75) is 40.0 Å². The summed E-state index contributed by atoms with van der Waals surface area (Å²) in [4.78, 5) is 0. The second-order valence-electron chi connectivity index (χ2n) is 3.43. The van der Waals surface area contributed by atoms with Crippen LogP contribution in [0.3, 0.4) is 0 Å². The van der Waals surface area contributed by atoms with Crippen LogP contribution >= 0.6 is 0 Å². The Balaban J connectivity index is 2.36. The zero-order valence-corrected chi connectivity index (χ0v) is 7.28. The van der Waals surface area contributed by atoms with E-state index in [2.05, 4.69) is 26.8 Å². The van der Waals surface area contributed by atoms with Crippen molar-refractivity contribution in [3.63, 3.8) is 0 Å². The lowest BCUT2D eigenvalue weighted by Gasteiger charge is -2.12. The molecule has 0 aromatic rings. The Kier molecular flexibility index (Phi) is 2.53. The van der Waals surface area contributed by atoms with E-state index in [-0.39, 0.29) is 0 Å². The molecule has 0 amide bonds. The third-order valence-electron chi connectivity index (χ3n) is 2.47. The Bertz CT molecular complexity index is 131. The molecule has 0 heterocycles. The molecule has 57 valence electrons. The van der Waals surface area contributed by atoms with Gasteiger partial charge < -0.3 is 0 Å². The quantitative estimate of drug-likeness (QED) is 0.512. The maximum absolute atomic E-state index is 2.41. The summed E-state index contributed by atoms with van der Waals surface area (Å²) in [5, 5.41) is 0. The minimum absolute atomic E-state index is 0.870. The van der Waals surface area contributed by atoms with Crippen molar-refractivity contribution in [3.8, 4) is 0 Å². The molecule has 1 unspecified atom stereocenters. The molecular formula is C10H17. The van der Waals surface area contributed by atoms with Crippen LogP contribution in [0.4, 0.5) is 0 Å². The standard InChI is InChI=1S/C10H17/c1-4-9-5-6-10(7-9)8(2)3/h5,10H,4,6-7H2,1-3H3. The Morgan fingerprint density at radius 3 is 2.60 bits per heavy atom. The molecule has 1 radical (unpaired) electrons. The fraction of sp³-hybridized carbons (Fsp3) is 0.700. The lowest BCUT2D eigenvalue weighted by atomic mass is 9.92. The fourth-order valence-corrected chi connectivity index (χ4v) is 1.52. The van der Waals surface area contributed by atoms with E-state index in [4.69, 9.17) is 0 Å². The van der Waals surface area contributed by atoms with Crippen molar-refractivity contribution in [2.75, 3.05) is 0 Å². The topological polar surface area (TPSA) is 0 Å². The molecule has 0 fully saturated rings. The summed E-state index contributed by atoms with van der Waals surface area (Å²) in [6, 6.07) is 0. The SMILES string of the molecule is CCC1=CCC([C](C)C)C1. The molecule has 0 saturated heterocycles. The van der Waals surface area contributed by atoms with Gasteiger partial charge in [0.1, 0.15) is 0 Å². The monoisotopic (exact) mass is 137 g/mol. The van der Waals surface area contributed by atoms with Crippen LogP contribution in [-0.2, 0) is 0 Å². The highest BCUT2D eigenvalue weighted by atomic mass is 14.2. The van der Waals surface area contributed by atoms with Gasteiger partial charge in [0.05, 0.1) is 0 Å². The van der Waals surface area contributed by atoms with Gasteiger partial charge in [-0.3, -0.25) is 0 Å². The molecule has 1 atom stereocenters. The van der Waals surface area contributed by atoms with E-state index in [1.807, 2.05) is 0 Å². The second kappa shape index (κ2) is 3.23. The van der Waals surface area contributed by atoms with Gasteiger partial charge in [0, 0.05) is 0 Å². The van der Waals surface area contributed by atoms with Gasteiger partial charge in [-0.05, 0) is 31.1 Å². The highest BCUT2D eigenvalue weighted by Crippen LogP contribution is 2.32. The van der Waals surface area contributed by atoms with Gasteiger partial charge in [0.2, 0.25) is 0 Å². The first kappa shape index (κ1) is 7.84. The third-order valence-corrected chi connectivity index (χ3v) is 2.47. The summed E-state index contributed by atoms with van der Waals surface area (Å²) in [5.41, 5.74) is 1.66. The predicted molar refractivity (Wildman–Crippen MR) is 45.7 cm³/mol. The van der Waals surface area contributed by atoms with Crippen molar-refractivity contribution >= 4 is 0 Å². The van der Waals surface area contributed by atoms with E-state index in [9.17, 15) is 0 Å². The molecule has 1 rings (SSSR count). The average Bonchev–Trinajstić information content (AvgIpc) is 2.34. The molecular weight excluding hydrogens is 120 g/mol. The molecule has 0 bridgehead atoms. The molecule has 0 aliphatic heterocycles. The Morgan fingerprint density at radius 1 is 1.60 bits per heavy atom. The summed E-state index contributed by atoms with van der Waals surface area (Å²) in [5.74, 6) is 2.47. The van der Waals surface area contributed by atoms with Gasteiger partial charge in [-0.15, -0.1) is 0 Å². The summed E-state index contributed by atoms with van der Waals surface area (Å²) in [7, 11) is 0. The van der Waals surface area contributed by atoms with Crippen molar-refractivity contribution in [3.05, 3.63) is 17.6 Å². The van der Waals surface area contributed by atoms with Crippen LogP contribution in [0.15, 0.2) is 11.6 Å². The largest absolute Gasteiger partial charge is 0.0850 e. The van der Waals surface area contributed by atoms with E-state index in [1.165, 1.54) is 19.3 Å². The minimum Gasteiger partial charge on any atom is -0.0850 e. The van der Waals surface area contributed by atoms with Crippen LogP contribution < -0.4 is 0 Å². The highest BCUT2D eigenvalue weighted by Gasteiger charge is 2.18. The minimum atomic E-state index is 0.870. The van der Waals surface area contributed by atoms with Gasteiger partial charge >= 0.3 is 0 Å². The van der Waals surface area contributed by atoms with Gasteiger partial charge in [0.15, 0.2) is 0 Å². The van der Waals surface area contributed by atoms with Gasteiger partial charge in [0.25, 0.3) is 0 Å². The Morgan fingerprint density at radius 2 is 2.30 bits per heavy atom. The highest BCUT2D eigenvalue weighted by molar-refractivity contribution is 5.13. The number of allylic oxidation sites excluding steroid dienone is 2. The smallest absolute Gasteiger partial charge is 0.0266 e.